The first-order valence-corrected chi connectivity index (χ1v) is 14.2. The average Bonchev–Trinajstić information content (AvgIpc) is 2.92. The molecule has 2 aliphatic heterocycles. The van der Waals surface area contributed by atoms with Gasteiger partial charge in [-0.05, 0) is 60.2 Å². The molecule has 7 nitrogen and oxygen atoms in total. The van der Waals surface area contributed by atoms with E-state index in [1.807, 2.05) is 49.4 Å². The van der Waals surface area contributed by atoms with E-state index in [1.54, 1.807) is 6.07 Å². The molecule has 8 heteroatoms. The normalized spacial score (nSPS) is 22.2. The number of aryl methyl sites for hydroxylation is 1. The number of hydrogen-bond acceptors (Lipinski definition) is 6. The third kappa shape index (κ3) is 5.70. The molecular weight excluding hydrogens is 470 g/mol. The van der Waals surface area contributed by atoms with Gasteiger partial charge in [-0.15, -0.1) is 0 Å². The van der Waals surface area contributed by atoms with Gasteiger partial charge in [-0.2, -0.15) is 0 Å². The minimum absolute atomic E-state index is 0.0732. The van der Waals surface area contributed by atoms with E-state index in [1.165, 1.54) is 5.56 Å². The second kappa shape index (κ2) is 11.2. The Morgan fingerprint density at radius 3 is 2.47 bits per heavy atom. The number of hydrazine groups is 1. The van der Waals surface area contributed by atoms with Crippen LogP contribution in [0.2, 0.25) is 0 Å². The highest BCUT2D eigenvalue weighted by Gasteiger charge is 2.29. The van der Waals surface area contributed by atoms with Gasteiger partial charge in [0, 0.05) is 19.1 Å². The van der Waals surface area contributed by atoms with E-state index < -0.39 is 10.0 Å². The van der Waals surface area contributed by atoms with Gasteiger partial charge in [0.2, 0.25) is 10.0 Å². The molecule has 1 saturated heterocycles. The lowest BCUT2D eigenvalue weighted by Gasteiger charge is -2.34. The van der Waals surface area contributed by atoms with Crippen molar-refractivity contribution < 1.29 is 8.42 Å². The first-order valence-electron chi connectivity index (χ1n) is 12.7. The summed E-state index contributed by atoms with van der Waals surface area (Å²) in [5, 5.41) is 6.98. The van der Waals surface area contributed by atoms with Crippen LogP contribution in [0, 0.1) is 6.92 Å². The molecule has 3 unspecified atom stereocenters. The highest BCUT2D eigenvalue weighted by Crippen LogP contribution is 2.32. The van der Waals surface area contributed by atoms with Crippen molar-refractivity contribution in [2.75, 3.05) is 13.1 Å². The number of rotatable bonds is 8. The van der Waals surface area contributed by atoms with Crippen LogP contribution < -0.4 is 26.2 Å². The molecule has 5 N–H and O–H groups in total. The lowest BCUT2D eigenvalue weighted by Crippen LogP contribution is -2.49. The number of hydrogen-bond donors (Lipinski definition) is 5. The van der Waals surface area contributed by atoms with Gasteiger partial charge in [0.1, 0.15) is 0 Å². The number of benzene rings is 3. The summed E-state index contributed by atoms with van der Waals surface area (Å²) < 4.78 is 29.4. The van der Waals surface area contributed by atoms with Crippen molar-refractivity contribution in [3.05, 3.63) is 101 Å². The highest BCUT2D eigenvalue weighted by atomic mass is 32.2. The van der Waals surface area contributed by atoms with Crippen molar-refractivity contribution in [1.29, 1.82) is 0 Å². The Morgan fingerprint density at radius 1 is 0.917 bits per heavy atom. The standard InChI is InChI=1S/C28H35N5O2S/c1-20-14-15-22(17-26(20)36(34,35)31-19-23-11-7-8-16-29-23)27-24-12-5-6-13-25(24)28(33-32-27)30-18-21-9-3-2-4-10-21/h2-6,9-10,12-15,17,23,27-33H,7-8,11,16,18-19H2,1H3. The maximum atomic E-state index is 13.3. The quantitative estimate of drug-likeness (QED) is 0.322. The Hall–Kier alpha value is -2.59. The Kier molecular flexibility index (Phi) is 7.81. The SMILES string of the molecule is Cc1ccc(C2NNC(NCc3ccccc3)c3ccccc32)cc1S(=O)(=O)NCC1CCCCN1. The Labute approximate surface area is 214 Å². The predicted octanol–water partition coefficient (Wildman–Crippen LogP) is 3.40. The zero-order valence-corrected chi connectivity index (χ0v) is 21.4. The summed E-state index contributed by atoms with van der Waals surface area (Å²) >= 11 is 0. The van der Waals surface area contributed by atoms with Crippen LogP contribution in [0.5, 0.6) is 0 Å². The molecule has 2 heterocycles. The largest absolute Gasteiger partial charge is 0.313 e. The van der Waals surface area contributed by atoms with Gasteiger partial charge in [-0.1, -0.05) is 73.2 Å². The summed E-state index contributed by atoms with van der Waals surface area (Å²) in [6.07, 6.45) is 3.21. The van der Waals surface area contributed by atoms with Crippen LogP contribution >= 0.6 is 0 Å². The Morgan fingerprint density at radius 2 is 1.69 bits per heavy atom. The van der Waals surface area contributed by atoms with Gasteiger partial charge in [0.25, 0.3) is 0 Å². The fourth-order valence-corrected chi connectivity index (χ4v) is 6.43. The molecule has 2 aliphatic rings. The molecule has 0 radical (unpaired) electrons. The van der Waals surface area contributed by atoms with E-state index in [2.05, 4.69) is 50.5 Å². The van der Waals surface area contributed by atoms with Crippen LogP contribution in [-0.4, -0.2) is 27.5 Å². The fourth-order valence-electron chi connectivity index (χ4n) is 5.07. The lowest BCUT2D eigenvalue weighted by molar-refractivity contribution is 0.325. The summed E-state index contributed by atoms with van der Waals surface area (Å²) in [6, 6.07) is 24.3. The smallest absolute Gasteiger partial charge is 0.240 e. The van der Waals surface area contributed by atoms with E-state index >= 15 is 0 Å². The van der Waals surface area contributed by atoms with Crippen molar-refractivity contribution in [3.63, 3.8) is 0 Å². The second-order valence-electron chi connectivity index (χ2n) is 9.67. The molecule has 190 valence electrons. The average molecular weight is 506 g/mol. The van der Waals surface area contributed by atoms with E-state index in [0.29, 0.717) is 11.4 Å². The molecule has 36 heavy (non-hydrogen) atoms. The van der Waals surface area contributed by atoms with Gasteiger partial charge in [-0.3, -0.25) is 5.32 Å². The summed E-state index contributed by atoms with van der Waals surface area (Å²) in [5.74, 6) is 0. The number of nitrogens with one attached hydrogen (secondary N) is 5. The molecular formula is C28H35N5O2S. The predicted molar refractivity (Wildman–Crippen MR) is 143 cm³/mol. The van der Waals surface area contributed by atoms with Crippen molar-refractivity contribution in [2.24, 2.45) is 0 Å². The molecule has 0 saturated carbocycles. The van der Waals surface area contributed by atoms with Crippen molar-refractivity contribution in [3.8, 4) is 0 Å². The van der Waals surface area contributed by atoms with E-state index in [0.717, 1.165) is 54.6 Å². The van der Waals surface area contributed by atoms with Gasteiger partial charge in [0.05, 0.1) is 17.1 Å². The van der Waals surface area contributed by atoms with Crippen molar-refractivity contribution >= 4 is 10.0 Å². The van der Waals surface area contributed by atoms with Crippen molar-refractivity contribution in [1.82, 2.24) is 26.2 Å². The maximum Gasteiger partial charge on any atom is 0.240 e. The number of fused-ring (bicyclic) bond motifs is 1. The van der Waals surface area contributed by atoms with Crippen LogP contribution in [0.25, 0.3) is 0 Å². The first-order chi connectivity index (χ1) is 17.5. The van der Waals surface area contributed by atoms with Crippen LogP contribution in [0.15, 0.2) is 77.7 Å². The molecule has 1 fully saturated rings. The van der Waals surface area contributed by atoms with E-state index in [9.17, 15) is 8.42 Å². The van der Waals surface area contributed by atoms with Gasteiger partial charge in [-0.25, -0.2) is 24.0 Å². The summed E-state index contributed by atoms with van der Waals surface area (Å²) in [6.45, 7) is 3.93. The maximum absolute atomic E-state index is 13.3. The molecule has 0 bridgehead atoms. The molecule has 0 amide bonds. The fraction of sp³-hybridized carbons (Fsp3) is 0.357. The Balaban J connectivity index is 1.35. The van der Waals surface area contributed by atoms with Crippen molar-refractivity contribution in [2.45, 2.75) is 55.9 Å². The molecule has 0 aliphatic carbocycles. The number of sulfonamides is 1. The molecule has 3 atom stereocenters. The zero-order valence-electron chi connectivity index (χ0n) is 20.6. The first kappa shape index (κ1) is 25.1. The molecule has 5 rings (SSSR count). The number of piperidine rings is 1. The van der Waals surface area contributed by atoms with Crippen LogP contribution in [0.4, 0.5) is 0 Å². The monoisotopic (exact) mass is 505 g/mol. The topological polar surface area (TPSA) is 94.3 Å². The summed E-state index contributed by atoms with van der Waals surface area (Å²) in [7, 11) is -3.63. The highest BCUT2D eigenvalue weighted by molar-refractivity contribution is 7.89. The molecule has 0 spiro atoms. The second-order valence-corrected chi connectivity index (χ2v) is 11.4. The summed E-state index contributed by atoms with van der Waals surface area (Å²) in [5.41, 5.74) is 11.9. The molecule has 3 aromatic rings. The van der Waals surface area contributed by atoms with E-state index in [-0.39, 0.29) is 18.2 Å². The molecule has 0 aromatic heterocycles. The third-order valence-corrected chi connectivity index (χ3v) is 8.68. The van der Waals surface area contributed by atoms with E-state index in [4.69, 9.17) is 0 Å². The van der Waals surface area contributed by atoms with Gasteiger partial charge >= 0.3 is 0 Å². The minimum Gasteiger partial charge on any atom is -0.313 e. The van der Waals surface area contributed by atoms with Gasteiger partial charge < -0.3 is 5.32 Å². The van der Waals surface area contributed by atoms with Crippen LogP contribution in [0.3, 0.4) is 0 Å². The Bertz CT molecular complexity index is 1280. The van der Waals surface area contributed by atoms with Crippen LogP contribution in [-0.2, 0) is 16.6 Å². The van der Waals surface area contributed by atoms with Crippen LogP contribution in [0.1, 0.15) is 59.3 Å². The lowest BCUT2D eigenvalue weighted by atomic mass is 9.91. The molecule has 3 aromatic carbocycles. The third-order valence-electron chi connectivity index (χ3n) is 7.11. The zero-order chi connectivity index (χ0) is 25.0. The summed E-state index contributed by atoms with van der Waals surface area (Å²) in [4.78, 5) is 0.333. The minimum atomic E-state index is -3.63. The van der Waals surface area contributed by atoms with Gasteiger partial charge in [0.15, 0.2) is 0 Å².